The molecule has 0 saturated carbocycles. The molecule has 0 saturated heterocycles. The quantitative estimate of drug-likeness (QED) is 0.691. The van der Waals surface area contributed by atoms with E-state index in [-0.39, 0.29) is 24.4 Å². The van der Waals surface area contributed by atoms with Gasteiger partial charge in [0, 0.05) is 29.0 Å². The Morgan fingerprint density at radius 1 is 1.19 bits per heavy atom. The van der Waals surface area contributed by atoms with Crippen LogP contribution in [0.3, 0.4) is 0 Å². The van der Waals surface area contributed by atoms with E-state index in [4.69, 9.17) is 9.47 Å². The molecule has 6 heteroatoms. The van der Waals surface area contributed by atoms with Crippen molar-refractivity contribution in [2.45, 2.75) is 31.9 Å². The van der Waals surface area contributed by atoms with Gasteiger partial charge in [0.15, 0.2) is 0 Å². The van der Waals surface area contributed by atoms with Gasteiger partial charge in [-0.05, 0) is 43.5 Å². The van der Waals surface area contributed by atoms with Gasteiger partial charge in [0.2, 0.25) is 5.91 Å². The summed E-state index contributed by atoms with van der Waals surface area (Å²) in [6, 6.07) is 16.9. The van der Waals surface area contributed by atoms with E-state index >= 15 is 0 Å². The van der Waals surface area contributed by atoms with Crippen molar-refractivity contribution >= 4 is 28.3 Å². The minimum Gasteiger partial charge on any atom is -0.497 e. The number of rotatable bonds is 4. The number of hydrogen-bond acceptors (Lipinski definition) is 4. The summed E-state index contributed by atoms with van der Waals surface area (Å²) in [4.78, 5) is 27.6. The van der Waals surface area contributed by atoms with Crippen LogP contribution < -0.4 is 19.7 Å². The molecule has 0 aromatic heterocycles. The fraction of sp³-hybridized carbons (Fsp3) is 0.280. The molecule has 2 amide bonds. The van der Waals surface area contributed by atoms with Crippen molar-refractivity contribution in [3.63, 3.8) is 0 Å². The first-order valence-electron chi connectivity index (χ1n) is 10.4. The van der Waals surface area contributed by atoms with Gasteiger partial charge in [-0.2, -0.15) is 0 Å². The Morgan fingerprint density at radius 3 is 2.74 bits per heavy atom. The minimum atomic E-state index is -0.442. The molecule has 2 aliphatic heterocycles. The summed E-state index contributed by atoms with van der Waals surface area (Å²) in [5.74, 6) is 1.06. The summed E-state index contributed by atoms with van der Waals surface area (Å²) in [5.41, 5.74) is 1.89. The summed E-state index contributed by atoms with van der Waals surface area (Å²) in [6.07, 6.45) is 0.627. The zero-order valence-corrected chi connectivity index (χ0v) is 17.8. The number of amides is 2. The lowest BCUT2D eigenvalue weighted by molar-refractivity contribution is -0.121. The van der Waals surface area contributed by atoms with Crippen LogP contribution >= 0.6 is 0 Å². The number of methoxy groups -OCH3 is 1. The van der Waals surface area contributed by atoms with E-state index in [1.807, 2.05) is 68.4 Å². The molecule has 0 spiro atoms. The number of nitrogens with zero attached hydrogens (tertiary/aromatic N) is 1. The highest BCUT2D eigenvalue weighted by atomic mass is 16.5. The predicted molar refractivity (Wildman–Crippen MR) is 119 cm³/mol. The topological polar surface area (TPSA) is 67.9 Å². The van der Waals surface area contributed by atoms with Crippen LogP contribution in [0.5, 0.6) is 11.5 Å². The number of fused-ring (bicyclic) bond motifs is 1. The highest BCUT2D eigenvalue weighted by Gasteiger charge is 2.36. The van der Waals surface area contributed by atoms with E-state index < -0.39 is 5.60 Å². The third-order valence-corrected chi connectivity index (χ3v) is 5.96. The summed E-state index contributed by atoms with van der Waals surface area (Å²) in [5, 5.41) is 5.03. The Hall–Kier alpha value is -3.54. The van der Waals surface area contributed by atoms with Gasteiger partial charge in [0.05, 0.1) is 18.8 Å². The van der Waals surface area contributed by atoms with Gasteiger partial charge in [0.1, 0.15) is 23.6 Å². The lowest BCUT2D eigenvalue weighted by atomic mass is 9.89. The molecule has 2 heterocycles. The van der Waals surface area contributed by atoms with Crippen molar-refractivity contribution in [2.75, 3.05) is 18.6 Å². The number of hydrogen-bond donors (Lipinski definition) is 1. The Balaban J connectivity index is 1.40. The second-order valence-corrected chi connectivity index (χ2v) is 8.66. The van der Waals surface area contributed by atoms with E-state index in [9.17, 15) is 9.59 Å². The van der Waals surface area contributed by atoms with Crippen molar-refractivity contribution in [1.82, 2.24) is 5.32 Å². The molecule has 0 fully saturated rings. The normalized spacial score (nSPS) is 18.5. The van der Waals surface area contributed by atoms with E-state index in [0.29, 0.717) is 23.5 Å². The first-order chi connectivity index (χ1) is 14.9. The molecule has 31 heavy (non-hydrogen) atoms. The van der Waals surface area contributed by atoms with Crippen LogP contribution in [-0.4, -0.2) is 31.1 Å². The summed E-state index contributed by atoms with van der Waals surface area (Å²) >= 11 is 0. The first kappa shape index (κ1) is 19.4. The molecule has 3 aromatic carbocycles. The van der Waals surface area contributed by atoms with Crippen LogP contribution in [0.4, 0.5) is 5.69 Å². The smallest absolute Gasteiger partial charge is 0.259 e. The van der Waals surface area contributed by atoms with Crippen LogP contribution in [0.2, 0.25) is 0 Å². The van der Waals surface area contributed by atoms with E-state index in [1.54, 1.807) is 12.0 Å². The SMILES string of the molecule is COc1ccc2c(c1)OC(C)(C)C[C@@H]2NC(=O)CN1C(=O)c2cccc3cccc1c23. The third-order valence-electron chi connectivity index (χ3n) is 5.96. The number of ether oxygens (including phenoxy) is 2. The fourth-order valence-electron chi connectivity index (χ4n) is 4.61. The van der Waals surface area contributed by atoms with E-state index in [0.717, 1.165) is 22.0 Å². The van der Waals surface area contributed by atoms with Crippen molar-refractivity contribution in [3.05, 3.63) is 65.7 Å². The van der Waals surface area contributed by atoms with Crippen LogP contribution in [-0.2, 0) is 4.79 Å². The molecule has 0 unspecified atom stereocenters. The fourth-order valence-corrected chi connectivity index (χ4v) is 4.61. The second-order valence-electron chi connectivity index (χ2n) is 8.66. The Bertz CT molecular complexity index is 1210. The molecule has 2 aliphatic rings. The zero-order valence-electron chi connectivity index (χ0n) is 17.8. The molecule has 158 valence electrons. The number of nitrogens with one attached hydrogen (secondary N) is 1. The van der Waals surface area contributed by atoms with Crippen molar-refractivity contribution in [2.24, 2.45) is 0 Å². The minimum absolute atomic E-state index is 0.0318. The van der Waals surface area contributed by atoms with Crippen LogP contribution in [0.1, 0.15) is 42.2 Å². The molecule has 3 aromatic rings. The van der Waals surface area contributed by atoms with Gasteiger partial charge in [-0.3, -0.25) is 14.5 Å². The molecule has 0 radical (unpaired) electrons. The molecular weight excluding hydrogens is 392 g/mol. The van der Waals surface area contributed by atoms with Gasteiger partial charge in [-0.25, -0.2) is 0 Å². The Labute approximate surface area is 180 Å². The molecule has 0 bridgehead atoms. The Morgan fingerprint density at radius 2 is 1.97 bits per heavy atom. The molecule has 5 rings (SSSR count). The number of carbonyl (C=O) groups excluding carboxylic acids is 2. The number of benzene rings is 3. The second kappa shape index (κ2) is 7.01. The van der Waals surface area contributed by atoms with Gasteiger partial charge in [-0.1, -0.05) is 24.3 Å². The van der Waals surface area contributed by atoms with Gasteiger partial charge < -0.3 is 14.8 Å². The number of anilines is 1. The largest absolute Gasteiger partial charge is 0.497 e. The maximum atomic E-state index is 13.1. The van der Waals surface area contributed by atoms with Gasteiger partial charge in [0.25, 0.3) is 5.91 Å². The average molecular weight is 416 g/mol. The highest BCUT2D eigenvalue weighted by Crippen LogP contribution is 2.41. The number of carbonyl (C=O) groups is 2. The van der Waals surface area contributed by atoms with E-state index in [1.165, 1.54) is 0 Å². The summed E-state index contributed by atoms with van der Waals surface area (Å²) < 4.78 is 11.4. The molecule has 1 atom stereocenters. The maximum absolute atomic E-state index is 13.1. The van der Waals surface area contributed by atoms with Crippen molar-refractivity contribution < 1.29 is 19.1 Å². The van der Waals surface area contributed by atoms with Crippen LogP contribution in [0.25, 0.3) is 10.8 Å². The summed E-state index contributed by atoms with van der Waals surface area (Å²) in [6.45, 7) is 3.96. The standard InChI is InChI=1S/C25H24N2O4/c1-25(2)13-19(17-11-10-16(30-3)12-21(17)31-25)26-22(28)14-27-20-9-5-7-15-6-4-8-18(23(15)20)24(27)29/h4-12,19H,13-14H2,1-3H3,(H,26,28)/t19-/m0/s1. The van der Waals surface area contributed by atoms with Gasteiger partial charge >= 0.3 is 0 Å². The lowest BCUT2D eigenvalue weighted by Crippen LogP contribution is -2.45. The summed E-state index contributed by atoms with van der Waals surface area (Å²) in [7, 11) is 1.61. The first-order valence-corrected chi connectivity index (χ1v) is 10.4. The van der Waals surface area contributed by atoms with Crippen LogP contribution in [0, 0.1) is 0 Å². The monoisotopic (exact) mass is 416 g/mol. The third kappa shape index (κ3) is 3.28. The maximum Gasteiger partial charge on any atom is 0.259 e. The van der Waals surface area contributed by atoms with Crippen molar-refractivity contribution in [1.29, 1.82) is 0 Å². The molecular formula is C25H24N2O4. The van der Waals surface area contributed by atoms with Gasteiger partial charge in [-0.15, -0.1) is 0 Å². The van der Waals surface area contributed by atoms with Crippen LogP contribution in [0.15, 0.2) is 54.6 Å². The zero-order chi connectivity index (χ0) is 21.8. The molecule has 6 nitrogen and oxygen atoms in total. The highest BCUT2D eigenvalue weighted by molar-refractivity contribution is 6.26. The predicted octanol–water partition coefficient (Wildman–Crippen LogP) is 4.23. The average Bonchev–Trinajstić information content (AvgIpc) is 3.00. The lowest BCUT2D eigenvalue weighted by Gasteiger charge is -2.38. The van der Waals surface area contributed by atoms with E-state index in [2.05, 4.69) is 5.32 Å². The molecule has 0 aliphatic carbocycles. The molecule has 1 N–H and O–H groups in total. The van der Waals surface area contributed by atoms with Crippen molar-refractivity contribution in [3.8, 4) is 11.5 Å². The Kier molecular flexibility index (Phi) is 4.39.